The van der Waals surface area contributed by atoms with E-state index in [0.29, 0.717) is 6.54 Å². The van der Waals surface area contributed by atoms with Gasteiger partial charge in [0.05, 0.1) is 17.2 Å². The number of carboxylic acid groups (broad SMARTS) is 1. The minimum absolute atomic E-state index is 0.0110. The predicted octanol–water partition coefficient (Wildman–Crippen LogP) is 3.18. The molecule has 0 unspecified atom stereocenters. The van der Waals surface area contributed by atoms with Gasteiger partial charge in [-0.15, -0.1) is 11.3 Å². The van der Waals surface area contributed by atoms with Crippen LogP contribution in [-0.4, -0.2) is 29.1 Å². The van der Waals surface area contributed by atoms with Crippen LogP contribution in [0.3, 0.4) is 0 Å². The van der Waals surface area contributed by atoms with Crippen molar-refractivity contribution in [3.05, 3.63) is 52.9 Å². The molecule has 0 spiro atoms. The molecule has 0 aliphatic carbocycles. The van der Waals surface area contributed by atoms with E-state index in [2.05, 4.69) is 46.0 Å². The van der Waals surface area contributed by atoms with Crippen LogP contribution >= 0.6 is 11.3 Å². The third-order valence-corrected chi connectivity index (χ3v) is 4.30. The van der Waals surface area contributed by atoms with Gasteiger partial charge in [-0.2, -0.15) is 0 Å². The first-order chi connectivity index (χ1) is 10.7. The Kier molecular flexibility index (Phi) is 4.46. The number of benzene rings is 2. The van der Waals surface area contributed by atoms with E-state index in [0.717, 1.165) is 22.7 Å². The molecule has 0 amide bonds. The van der Waals surface area contributed by atoms with E-state index in [1.165, 1.54) is 10.8 Å². The lowest BCUT2D eigenvalue weighted by Gasteiger charge is -2.01. The summed E-state index contributed by atoms with van der Waals surface area (Å²) in [6.07, 6.45) is 0.742. The minimum atomic E-state index is -0.837. The van der Waals surface area contributed by atoms with Crippen molar-refractivity contribution in [3.8, 4) is 11.3 Å². The third-order valence-electron chi connectivity index (χ3n) is 3.39. The Morgan fingerprint density at radius 2 is 2.00 bits per heavy atom. The van der Waals surface area contributed by atoms with Gasteiger partial charge in [-0.3, -0.25) is 4.79 Å². The average molecular weight is 312 g/mol. The lowest BCUT2D eigenvalue weighted by Crippen LogP contribution is -2.24. The van der Waals surface area contributed by atoms with Crippen molar-refractivity contribution in [1.29, 1.82) is 0 Å². The third kappa shape index (κ3) is 3.50. The quantitative estimate of drug-likeness (QED) is 0.686. The summed E-state index contributed by atoms with van der Waals surface area (Å²) < 4.78 is 0. The molecule has 3 rings (SSSR count). The van der Waals surface area contributed by atoms with Crippen LogP contribution in [0.5, 0.6) is 0 Å². The smallest absolute Gasteiger partial charge is 0.317 e. The van der Waals surface area contributed by atoms with Gasteiger partial charge in [0, 0.05) is 23.9 Å². The number of nitrogens with zero attached hydrogens (tertiary/aromatic N) is 1. The normalized spacial score (nSPS) is 10.9. The Balaban J connectivity index is 1.70. The average Bonchev–Trinajstić information content (AvgIpc) is 3.00. The summed E-state index contributed by atoms with van der Waals surface area (Å²) in [4.78, 5) is 15.1. The molecule has 3 aromatic rings. The van der Waals surface area contributed by atoms with Crippen molar-refractivity contribution in [2.45, 2.75) is 6.42 Å². The van der Waals surface area contributed by atoms with Gasteiger partial charge in [-0.05, 0) is 16.8 Å². The summed E-state index contributed by atoms with van der Waals surface area (Å²) in [6.45, 7) is 0.611. The van der Waals surface area contributed by atoms with Crippen molar-refractivity contribution >= 4 is 28.1 Å². The predicted molar refractivity (Wildman–Crippen MR) is 89.3 cm³/mol. The number of aromatic nitrogens is 1. The summed E-state index contributed by atoms with van der Waals surface area (Å²) in [5, 5.41) is 16.9. The van der Waals surface area contributed by atoms with E-state index in [9.17, 15) is 4.79 Å². The molecule has 1 heterocycles. The number of hydrogen-bond acceptors (Lipinski definition) is 4. The standard InChI is InChI=1S/C17H16N2O2S/c20-17(21)10-18-8-7-16-19-15(11-22-16)14-6-5-12-3-1-2-4-13(12)9-14/h1-6,9,11,18H,7-8,10H2,(H,20,21). The largest absolute Gasteiger partial charge is 0.480 e. The molecule has 0 aliphatic heterocycles. The van der Waals surface area contributed by atoms with E-state index in [1.54, 1.807) is 11.3 Å². The fraction of sp³-hybridized carbons (Fsp3) is 0.176. The lowest BCUT2D eigenvalue weighted by molar-refractivity contribution is -0.135. The summed E-state index contributed by atoms with van der Waals surface area (Å²) in [5.74, 6) is -0.837. The van der Waals surface area contributed by atoms with Crippen molar-refractivity contribution in [2.75, 3.05) is 13.1 Å². The second-order valence-electron chi connectivity index (χ2n) is 5.01. The second-order valence-corrected chi connectivity index (χ2v) is 5.95. The van der Waals surface area contributed by atoms with Gasteiger partial charge in [0.1, 0.15) is 0 Å². The maximum absolute atomic E-state index is 10.4. The van der Waals surface area contributed by atoms with E-state index < -0.39 is 5.97 Å². The van der Waals surface area contributed by atoms with Crippen molar-refractivity contribution in [1.82, 2.24) is 10.3 Å². The molecule has 5 heteroatoms. The Labute approximate surface area is 132 Å². The maximum Gasteiger partial charge on any atom is 0.317 e. The first-order valence-electron chi connectivity index (χ1n) is 7.08. The second kappa shape index (κ2) is 6.68. The van der Waals surface area contributed by atoms with Crippen LogP contribution in [0.2, 0.25) is 0 Å². The Morgan fingerprint density at radius 3 is 2.82 bits per heavy atom. The van der Waals surface area contributed by atoms with Crippen LogP contribution in [0.25, 0.3) is 22.0 Å². The highest BCUT2D eigenvalue weighted by Crippen LogP contribution is 2.25. The summed E-state index contributed by atoms with van der Waals surface area (Å²) in [7, 11) is 0. The molecule has 2 aromatic carbocycles. The summed E-state index contributed by atoms with van der Waals surface area (Å²) in [6, 6.07) is 14.6. The fourth-order valence-electron chi connectivity index (χ4n) is 2.30. The molecule has 0 fully saturated rings. The van der Waals surface area contributed by atoms with Gasteiger partial charge in [-0.1, -0.05) is 36.4 Å². The van der Waals surface area contributed by atoms with E-state index >= 15 is 0 Å². The molecule has 2 N–H and O–H groups in total. The van der Waals surface area contributed by atoms with Crippen molar-refractivity contribution in [3.63, 3.8) is 0 Å². The molecular formula is C17H16N2O2S. The number of fused-ring (bicyclic) bond motifs is 1. The van der Waals surface area contributed by atoms with Crippen LogP contribution in [0.15, 0.2) is 47.8 Å². The van der Waals surface area contributed by atoms with E-state index in [4.69, 9.17) is 5.11 Å². The number of carboxylic acids is 1. The van der Waals surface area contributed by atoms with Gasteiger partial charge in [0.25, 0.3) is 0 Å². The van der Waals surface area contributed by atoms with E-state index in [1.807, 2.05) is 12.1 Å². The molecule has 0 radical (unpaired) electrons. The number of carbonyl (C=O) groups is 1. The number of hydrogen-bond donors (Lipinski definition) is 2. The number of aliphatic carboxylic acids is 1. The zero-order chi connectivity index (χ0) is 15.4. The van der Waals surface area contributed by atoms with Crippen LogP contribution in [-0.2, 0) is 11.2 Å². The summed E-state index contributed by atoms with van der Waals surface area (Å²) in [5.41, 5.74) is 2.09. The lowest BCUT2D eigenvalue weighted by atomic mass is 10.1. The molecular weight excluding hydrogens is 296 g/mol. The van der Waals surface area contributed by atoms with Gasteiger partial charge < -0.3 is 10.4 Å². The molecule has 0 atom stereocenters. The minimum Gasteiger partial charge on any atom is -0.480 e. The maximum atomic E-state index is 10.4. The van der Waals surface area contributed by atoms with Gasteiger partial charge in [0.15, 0.2) is 0 Å². The SMILES string of the molecule is O=C(O)CNCCc1nc(-c2ccc3ccccc3c2)cs1. The van der Waals surface area contributed by atoms with Gasteiger partial charge >= 0.3 is 5.97 Å². The fourth-order valence-corrected chi connectivity index (χ4v) is 3.11. The van der Waals surface area contributed by atoms with E-state index in [-0.39, 0.29) is 6.54 Å². The highest BCUT2D eigenvalue weighted by atomic mass is 32.1. The van der Waals surface area contributed by atoms with Crippen molar-refractivity contribution < 1.29 is 9.90 Å². The number of rotatable bonds is 6. The molecule has 0 saturated heterocycles. The molecule has 0 saturated carbocycles. The zero-order valence-electron chi connectivity index (χ0n) is 12.0. The molecule has 22 heavy (non-hydrogen) atoms. The Morgan fingerprint density at radius 1 is 1.18 bits per heavy atom. The highest BCUT2D eigenvalue weighted by Gasteiger charge is 2.06. The molecule has 0 aliphatic rings. The molecule has 112 valence electrons. The topological polar surface area (TPSA) is 62.2 Å². The first-order valence-corrected chi connectivity index (χ1v) is 7.96. The van der Waals surface area contributed by atoms with Crippen molar-refractivity contribution in [2.24, 2.45) is 0 Å². The monoisotopic (exact) mass is 312 g/mol. The van der Waals surface area contributed by atoms with Crippen LogP contribution in [0, 0.1) is 0 Å². The number of nitrogens with one attached hydrogen (secondary N) is 1. The molecule has 0 bridgehead atoms. The van der Waals surface area contributed by atoms with Crippen LogP contribution < -0.4 is 5.32 Å². The Hall–Kier alpha value is -2.24. The number of thiazole rings is 1. The highest BCUT2D eigenvalue weighted by molar-refractivity contribution is 7.09. The van der Waals surface area contributed by atoms with Crippen LogP contribution in [0.1, 0.15) is 5.01 Å². The van der Waals surface area contributed by atoms with Gasteiger partial charge in [-0.25, -0.2) is 4.98 Å². The molecule has 4 nitrogen and oxygen atoms in total. The molecule has 1 aromatic heterocycles. The van der Waals surface area contributed by atoms with Gasteiger partial charge in [0.2, 0.25) is 0 Å². The van der Waals surface area contributed by atoms with Crippen LogP contribution in [0.4, 0.5) is 0 Å². The first kappa shape index (κ1) is 14.7. The Bertz CT molecular complexity index is 798. The zero-order valence-corrected chi connectivity index (χ0v) is 12.8. The summed E-state index contributed by atoms with van der Waals surface area (Å²) >= 11 is 1.61.